The summed E-state index contributed by atoms with van der Waals surface area (Å²) in [6.45, 7) is 6.07. The molecule has 3 aromatic carbocycles. The number of nitrogens with one attached hydrogen (secondary N) is 1. The second-order valence-electron chi connectivity index (χ2n) is 8.72. The Kier molecular flexibility index (Phi) is 5.54. The molecule has 0 aliphatic carbocycles. The number of aryl methyl sites for hydroxylation is 2. The Morgan fingerprint density at radius 1 is 1.03 bits per heavy atom. The Labute approximate surface area is 199 Å². The first-order valence-electron chi connectivity index (χ1n) is 11.4. The Hall–Kier alpha value is -4.12. The maximum atomic E-state index is 13.5. The summed E-state index contributed by atoms with van der Waals surface area (Å²) in [6.07, 6.45) is 1.64. The number of benzene rings is 3. The largest absolute Gasteiger partial charge is 0.351 e. The van der Waals surface area contributed by atoms with Gasteiger partial charge in [0, 0.05) is 35.6 Å². The number of carbonyl (C=O) groups is 2. The van der Waals surface area contributed by atoms with Crippen LogP contribution >= 0.6 is 0 Å². The van der Waals surface area contributed by atoms with Gasteiger partial charge in [-0.1, -0.05) is 72.3 Å². The van der Waals surface area contributed by atoms with Gasteiger partial charge in [-0.15, -0.1) is 6.58 Å². The first-order valence-corrected chi connectivity index (χ1v) is 11.4. The highest BCUT2D eigenvalue weighted by Crippen LogP contribution is 2.46. The molecule has 5 rings (SSSR count). The number of hydrogen-bond acceptors (Lipinski definition) is 2. The molecule has 170 valence electrons. The second kappa shape index (κ2) is 8.67. The summed E-state index contributed by atoms with van der Waals surface area (Å²) in [5.41, 5.74) is 7.00. The number of fused-ring (bicyclic) bond motifs is 2. The third-order valence-electron chi connectivity index (χ3n) is 6.56. The lowest BCUT2D eigenvalue weighted by atomic mass is 9.93. The molecule has 4 aromatic rings. The van der Waals surface area contributed by atoms with Crippen molar-refractivity contribution in [3.8, 4) is 11.3 Å². The van der Waals surface area contributed by atoms with E-state index in [1.807, 2.05) is 36.4 Å². The monoisotopic (exact) mass is 449 g/mol. The van der Waals surface area contributed by atoms with Crippen LogP contribution in [0, 0.1) is 6.92 Å². The number of amides is 2. The highest BCUT2D eigenvalue weighted by molar-refractivity contribution is 6.03. The number of aromatic nitrogens is 1. The van der Waals surface area contributed by atoms with Gasteiger partial charge in [-0.25, -0.2) is 0 Å². The lowest BCUT2D eigenvalue weighted by Crippen LogP contribution is -2.39. The molecule has 0 spiro atoms. The highest BCUT2D eigenvalue weighted by atomic mass is 16.2. The van der Waals surface area contributed by atoms with Crippen LogP contribution in [-0.4, -0.2) is 34.4 Å². The smallest absolute Gasteiger partial charge is 0.255 e. The van der Waals surface area contributed by atoms with Crippen molar-refractivity contribution in [2.45, 2.75) is 13.0 Å². The third-order valence-corrected chi connectivity index (χ3v) is 6.56. The maximum absolute atomic E-state index is 13.5. The standard InChI is InChI=1S/C29H27N3O2/c1-4-17-30-25(33)18-32-28(21-9-5-6-10-22(21)29(32)34)26-23-11-7-8-12-24(23)31(3)27(26)20-15-13-19(2)14-16-20/h4-16,28H,1,17-18H2,2-3H3,(H,30,33). The third kappa shape index (κ3) is 3.50. The molecule has 2 heterocycles. The molecule has 34 heavy (non-hydrogen) atoms. The van der Waals surface area contributed by atoms with Gasteiger partial charge in [0.25, 0.3) is 5.91 Å². The van der Waals surface area contributed by atoms with E-state index in [9.17, 15) is 9.59 Å². The maximum Gasteiger partial charge on any atom is 0.255 e. The first kappa shape index (κ1) is 21.7. The summed E-state index contributed by atoms with van der Waals surface area (Å²) < 4.78 is 2.19. The zero-order chi connectivity index (χ0) is 23.8. The molecule has 0 fully saturated rings. The van der Waals surface area contributed by atoms with Gasteiger partial charge in [0.1, 0.15) is 6.54 Å². The van der Waals surface area contributed by atoms with Gasteiger partial charge < -0.3 is 14.8 Å². The minimum atomic E-state index is -0.374. The fourth-order valence-electron chi connectivity index (χ4n) is 5.00. The molecule has 5 heteroatoms. The van der Waals surface area contributed by atoms with Crippen molar-refractivity contribution in [2.75, 3.05) is 13.1 Å². The van der Waals surface area contributed by atoms with E-state index in [2.05, 4.69) is 66.8 Å². The van der Waals surface area contributed by atoms with Crippen LogP contribution in [-0.2, 0) is 11.8 Å². The van der Waals surface area contributed by atoms with E-state index in [4.69, 9.17) is 0 Å². The summed E-state index contributed by atoms with van der Waals surface area (Å²) in [4.78, 5) is 28.0. The van der Waals surface area contributed by atoms with Crippen LogP contribution in [0.1, 0.15) is 33.1 Å². The van der Waals surface area contributed by atoms with Crippen LogP contribution in [0.15, 0.2) is 85.5 Å². The zero-order valence-corrected chi connectivity index (χ0v) is 19.4. The SMILES string of the molecule is C=CCNC(=O)CN1C(=O)c2ccccc2C1c1c(-c2ccc(C)cc2)n(C)c2ccccc12. The molecule has 1 atom stereocenters. The van der Waals surface area contributed by atoms with Crippen LogP contribution in [0.3, 0.4) is 0 Å². The molecule has 2 amide bonds. The van der Waals surface area contributed by atoms with Crippen molar-refractivity contribution >= 4 is 22.7 Å². The number of carbonyl (C=O) groups excluding carboxylic acids is 2. The Bertz CT molecular complexity index is 1420. The molecular formula is C29H27N3O2. The van der Waals surface area contributed by atoms with E-state index < -0.39 is 0 Å². The lowest BCUT2D eigenvalue weighted by molar-refractivity contribution is -0.121. The van der Waals surface area contributed by atoms with Gasteiger partial charge in [0.15, 0.2) is 0 Å². The normalized spacial score (nSPS) is 14.9. The van der Waals surface area contributed by atoms with Crippen molar-refractivity contribution in [3.63, 3.8) is 0 Å². The quantitative estimate of drug-likeness (QED) is 0.421. The van der Waals surface area contributed by atoms with E-state index in [1.165, 1.54) is 5.56 Å². The van der Waals surface area contributed by atoms with Crippen molar-refractivity contribution in [2.24, 2.45) is 7.05 Å². The first-order chi connectivity index (χ1) is 16.5. The van der Waals surface area contributed by atoms with Crippen LogP contribution in [0.2, 0.25) is 0 Å². The molecule has 5 nitrogen and oxygen atoms in total. The van der Waals surface area contributed by atoms with Crippen molar-refractivity contribution in [1.29, 1.82) is 0 Å². The van der Waals surface area contributed by atoms with E-state index in [0.717, 1.165) is 33.3 Å². The average Bonchev–Trinajstić information content (AvgIpc) is 3.29. The Morgan fingerprint density at radius 3 is 2.50 bits per heavy atom. The number of para-hydroxylation sites is 1. The predicted octanol–water partition coefficient (Wildman–Crippen LogP) is 5.00. The van der Waals surface area contributed by atoms with E-state index >= 15 is 0 Å². The molecule has 1 aliphatic rings. The molecule has 0 saturated carbocycles. The molecular weight excluding hydrogens is 422 g/mol. The number of nitrogens with zero attached hydrogens (tertiary/aromatic N) is 2. The highest BCUT2D eigenvalue weighted by Gasteiger charge is 2.41. The molecule has 1 aliphatic heterocycles. The predicted molar refractivity (Wildman–Crippen MR) is 136 cm³/mol. The van der Waals surface area contributed by atoms with Gasteiger partial charge in [-0.05, 0) is 30.2 Å². The second-order valence-corrected chi connectivity index (χ2v) is 8.72. The zero-order valence-electron chi connectivity index (χ0n) is 19.4. The average molecular weight is 450 g/mol. The number of hydrogen-bond donors (Lipinski definition) is 1. The molecule has 0 radical (unpaired) electrons. The van der Waals surface area contributed by atoms with Gasteiger partial charge in [0.05, 0.1) is 11.7 Å². The van der Waals surface area contributed by atoms with Gasteiger partial charge in [-0.3, -0.25) is 9.59 Å². The summed E-state index contributed by atoms with van der Waals surface area (Å²) in [5.74, 6) is -0.333. The summed E-state index contributed by atoms with van der Waals surface area (Å²) in [6, 6.07) is 24.0. The molecule has 1 aromatic heterocycles. The van der Waals surface area contributed by atoms with Gasteiger partial charge in [0.2, 0.25) is 5.91 Å². The molecule has 1 unspecified atom stereocenters. The topological polar surface area (TPSA) is 54.3 Å². The Balaban J connectivity index is 1.75. The van der Waals surface area contributed by atoms with E-state index in [1.54, 1.807) is 11.0 Å². The van der Waals surface area contributed by atoms with E-state index in [-0.39, 0.29) is 24.4 Å². The fraction of sp³-hybridized carbons (Fsp3) is 0.172. The number of rotatable bonds is 6. The van der Waals surface area contributed by atoms with Crippen molar-refractivity contribution in [3.05, 3.63) is 108 Å². The molecule has 0 saturated heterocycles. The van der Waals surface area contributed by atoms with Gasteiger partial charge in [-0.2, -0.15) is 0 Å². The minimum Gasteiger partial charge on any atom is -0.351 e. The lowest BCUT2D eigenvalue weighted by Gasteiger charge is -2.26. The van der Waals surface area contributed by atoms with Crippen LogP contribution in [0.5, 0.6) is 0 Å². The summed E-state index contributed by atoms with van der Waals surface area (Å²) in [5, 5.41) is 3.89. The Morgan fingerprint density at radius 2 is 1.74 bits per heavy atom. The van der Waals surface area contributed by atoms with Crippen molar-refractivity contribution < 1.29 is 9.59 Å². The van der Waals surface area contributed by atoms with Crippen LogP contribution < -0.4 is 5.32 Å². The summed E-state index contributed by atoms with van der Waals surface area (Å²) in [7, 11) is 2.06. The van der Waals surface area contributed by atoms with Crippen molar-refractivity contribution in [1.82, 2.24) is 14.8 Å². The van der Waals surface area contributed by atoms with E-state index in [0.29, 0.717) is 12.1 Å². The van der Waals surface area contributed by atoms with Crippen LogP contribution in [0.25, 0.3) is 22.2 Å². The minimum absolute atomic E-state index is 0.0252. The molecule has 0 bridgehead atoms. The van der Waals surface area contributed by atoms with Gasteiger partial charge >= 0.3 is 0 Å². The molecule has 1 N–H and O–H groups in total. The van der Waals surface area contributed by atoms with Crippen LogP contribution in [0.4, 0.5) is 0 Å². The summed E-state index contributed by atoms with van der Waals surface area (Å²) >= 11 is 0. The fourth-order valence-corrected chi connectivity index (χ4v) is 5.00.